The lowest BCUT2D eigenvalue weighted by molar-refractivity contribution is 0.0549. The fourth-order valence-electron chi connectivity index (χ4n) is 2.27. The SMILES string of the molecule is CN(CC(=O)c1ccc[nH]1)CC1CCOCC1. The zero-order valence-electron chi connectivity index (χ0n) is 10.3. The number of likely N-dealkylation sites (N-methyl/N-ethyl adjacent to an activating group) is 1. The molecule has 1 aromatic rings. The Morgan fingerprint density at radius 1 is 1.53 bits per heavy atom. The smallest absolute Gasteiger partial charge is 0.192 e. The summed E-state index contributed by atoms with van der Waals surface area (Å²) in [5.41, 5.74) is 0.698. The van der Waals surface area contributed by atoms with Crippen LogP contribution in [0.4, 0.5) is 0 Å². The van der Waals surface area contributed by atoms with Crippen molar-refractivity contribution in [2.75, 3.05) is 33.4 Å². The van der Waals surface area contributed by atoms with E-state index in [0.717, 1.165) is 32.6 Å². The van der Waals surface area contributed by atoms with Crippen molar-refractivity contribution in [1.82, 2.24) is 9.88 Å². The highest BCUT2D eigenvalue weighted by Gasteiger charge is 2.17. The van der Waals surface area contributed by atoms with Gasteiger partial charge >= 0.3 is 0 Å². The molecule has 1 aromatic heterocycles. The maximum absolute atomic E-state index is 11.9. The topological polar surface area (TPSA) is 45.3 Å². The van der Waals surface area contributed by atoms with E-state index in [-0.39, 0.29) is 5.78 Å². The number of H-pyrrole nitrogens is 1. The molecule has 0 unspecified atom stereocenters. The molecule has 0 saturated carbocycles. The molecule has 0 spiro atoms. The molecule has 4 heteroatoms. The summed E-state index contributed by atoms with van der Waals surface area (Å²) in [5, 5.41) is 0. The van der Waals surface area contributed by atoms with Crippen LogP contribution in [0.2, 0.25) is 0 Å². The summed E-state index contributed by atoms with van der Waals surface area (Å²) in [4.78, 5) is 16.9. The lowest BCUT2D eigenvalue weighted by atomic mass is 10.00. The van der Waals surface area contributed by atoms with Gasteiger partial charge in [0.15, 0.2) is 5.78 Å². The average Bonchev–Trinajstić information content (AvgIpc) is 2.83. The summed E-state index contributed by atoms with van der Waals surface area (Å²) in [6.07, 6.45) is 4.01. The number of rotatable bonds is 5. The molecule has 1 fully saturated rings. The largest absolute Gasteiger partial charge is 0.381 e. The summed E-state index contributed by atoms with van der Waals surface area (Å²) in [6, 6.07) is 3.68. The van der Waals surface area contributed by atoms with Crippen LogP contribution in [0, 0.1) is 5.92 Å². The van der Waals surface area contributed by atoms with E-state index in [4.69, 9.17) is 4.74 Å². The number of aromatic nitrogens is 1. The van der Waals surface area contributed by atoms with Gasteiger partial charge in [-0.15, -0.1) is 0 Å². The van der Waals surface area contributed by atoms with Crippen LogP contribution in [0.3, 0.4) is 0 Å². The Balaban J connectivity index is 1.76. The second kappa shape index (κ2) is 5.98. The minimum absolute atomic E-state index is 0.157. The second-order valence-electron chi connectivity index (χ2n) is 4.76. The number of nitrogens with zero attached hydrogens (tertiary/aromatic N) is 1. The van der Waals surface area contributed by atoms with Gasteiger partial charge in [0.05, 0.1) is 12.2 Å². The maximum atomic E-state index is 11.9. The fraction of sp³-hybridized carbons (Fsp3) is 0.615. The molecule has 1 saturated heterocycles. The number of ketones is 1. The van der Waals surface area contributed by atoms with Crippen molar-refractivity contribution in [3.8, 4) is 0 Å². The van der Waals surface area contributed by atoms with Crippen molar-refractivity contribution >= 4 is 5.78 Å². The van der Waals surface area contributed by atoms with Crippen LogP contribution >= 0.6 is 0 Å². The summed E-state index contributed by atoms with van der Waals surface area (Å²) < 4.78 is 5.33. The van der Waals surface area contributed by atoms with Gasteiger partial charge in [0, 0.05) is 26.0 Å². The highest BCUT2D eigenvalue weighted by atomic mass is 16.5. The Labute approximate surface area is 102 Å². The molecular weight excluding hydrogens is 216 g/mol. The van der Waals surface area contributed by atoms with Gasteiger partial charge in [0.25, 0.3) is 0 Å². The molecule has 94 valence electrons. The van der Waals surface area contributed by atoms with Crippen molar-refractivity contribution in [3.63, 3.8) is 0 Å². The molecule has 0 amide bonds. The molecule has 17 heavy (non-hydrogen) atoms. The van der Waals surface area contributed by atoms with E-state index in [1.807, 2.05) is 19.2 Å². The molecule has 1 aliphatic heterocycles. The molecule has 1 aliphatic rings. The number of hydrogen-bond donors (Lipinski definition) is 1. The van der Waals surface area contributed by atoms with Gasteiger partial charge in [-0.25, -0.2) is 0 Å². The lowest BCUT2D eigenvalue weighted by Crippen LogP contribution is -2.33. The average molecular weight is 236 g/mol. The Hall–Kier alpha value is -1.13. The third kappa shape index (κ3) is 3.68. The predicted octanol–water partition coefficient (Wildman–Crippen LogP) is 1.56. The van der Waals surface area contributed by atoms with Gasteiger partial charge in [-0.2, -0.15) is 0 Å². The molecule has 4 nitrogen and oxygen atoms in total. The van der Waals surface area contributed by atoms with Crippen LogP contribution in [-0.2, 0) is 4.74 Å². The van der Waals surface area contributed by atoms with Crippen molar-refractivity contribution in [3.05, 3.63) is 24.0 Å². The van der Waals surface area contributed by atoms with E-state index in [1.54, 1.807) is 6.20 Å². The molecule has 2 heterocycles. The molecule has 0 radical (unpaired) electrons. The van der Waals surface area contributed by atoms with E-state index in [9.17, 15) is 4.79 Å². The van der Waals surface area contributed by atoms with E-state index in [1.165, 1.54) is 0 Å². The number of hydrogen-bond acceptors (Lipinski definition) is 3. The van der Waals surface area contributed by atoms with Crippen LogP contribution in [-0.4, -0.2) is 49.0 Å². The normalized spacial score (nSPS) is 17.5. The third-order valence-electron chi connectivity index (χ3n) is 3.22. The van der Waals surface area contributed by atoms with Crippen LogP contribution in [0.1, 0.15) is 23.3 Å². The Bertz CT molecular complexity index is 342. The second-order valence-corrected chi connectivity index (χ2v) is 4.76. The van der Waals surface area contributed by atoms with Crippen LogP contribution in [0.25, 0.3) is 0 Å². The molecular formula is C13H20N2O2. The van der Waals surface area contributed by atoms with Crippen LogP contribution in [0.5, 0.6) is 0 Å². The van der Waals surface area contributed by atoms with Crippen molar-refractivity contribution in [2.24, 2.45) is 5.92 Å². The van der Waals surface area contributed by atoms with Gasteiger partial charge in [-0.3, -0.25) is 9.69 Å². The lowest BCUT2D eigenvalue weighted by Gasteiger charge is -2.26. The first-order valence-corrected chi connectivity index (χ1v) is 6.18. The Morgan fingerprint density at radius 2 is 2.29 bits per heavy atom. The van der Waals surface area contributed by atoms with Gasteiger partial charge in [-0.1, -0.05) is 0 Å². The highest BCUT2D eigenvalue weighted by Crippen LogP contribution is 2.15. The number of nitrogens with one attached hydrogen (secondary N) is 1. The van der Waals surface area contributed by atoms with Gasteiger partial charge in [0.1, 0.15) is 0 Å². The number of carbonyl (C=O) groups is 1. The van der Waals surface area contributed by atoms with Gasteiger partial charge in [0.2, 0.25) is 0 Å². The van der Waals surface area contributed by atoms with Crippen LogP contribution < -0.4 is 0 Å². The molecule has 2 rings (SSSR count). The van der Waals surface area contributed by atoms with Crippen LogP contribution in [0.15, 0.2) is 18.3 Å². The minimum Gasteiger partial charge on any atom is -0.381 e. The molecule has 0 aliphatic carbocycles. The van der Waals surface area contributed by atoms with Gasteiger partial charge < -0.3 is 9.72 Å². The number of Topliss-reactive ketones (excluding diaryl/α,β-unsaturated/α-hetero) is 1. The van der Waals surface area contributed by atoms with Crippen molar-refractivity contribution in [2.45, 2.75) is 12.8 Å². The molecule has 1 N–H and O–H groups in total. The minimum atomic E-state index is 0.157. The van der Waals surface area contributed by atoms with E-state index >= 15 is 0 Å². The zero-order valence-corrected chi connectivity index (χ0v) is 10.3. The summed E-state index contributed by atoms with van der Waals surface area (Å²) in [6.45, 7) is 3.19. The molecule has 0 bridgehead atoms. The number of aromatic amines is 1. The summed E-state index contributed by atoms with van der Waals surface area (Å²) in [7, 11) is 2.01. The maximum Gasteiger partial charge on any atom is 0.192 e. The third-order valence-corrected chi connectivity index (χ3v) is 3.22. The summed E-state index contributed by atoms with van der Waals surface area (Å²) in [5.74, 6) is 0.828. The Morgan fingerprint density at radius 3 is 2.94 bits per heavy atom. The fourth-order valence-corrected chi connectivity index (χ4v) is 2.27. The standard InChI is InChI=1S/C13H20N2O2/c1-15(9-11-4-7-17-8-5-11)10-13(16)12-3-2-6-14-12/h2-3,6,11,14H,4-5,7-10H2,1H3. The highest BCUT2D eigenvalue weighted by molar-refractivity contribution is 5.95. The first-order valence-electron chi connectivity index (χ1n) is 6.18. The monoisotopic (exact) mass is 236 g/mol. The predicted molar refractivity (Wildman–Crippen MR) is 66.2 cm³/mol. The number of ether oxygens (including phenoxy) is 1. The van der Waals surface area contributed by atoms with E-state index in [0.29, 0.717) is 18.2 Å². The Kier molecular flexibility index (Phi) is 4.34. The summed E-state index contributed by atoms with van der Waals surface area (Å²) >= 11 is 0. The molecule has 0 atom stereocenters. The van der Waals surface area contributed by atoms with Crippen molar-refractivity contribution in [1.29, 1.82) is 0 Å². The number of carbonyl (C=O) groups excluding carboxylic acids is 1. The molecule has 0 aromatic carbocycles. The van der Waals surface area contributed by atoms with E-state index < -0.39 is 0 Å². The van der Waals surface area contributed by atoms with Gasteiger partial charge in [-0.05, 0) is 37.9 Å². The zero-order chi connectivity index (χ0) is 12.1. The van der Waals surface area contributed by atoms with E-state index in [2.05, 4.69) is 9.88 Å². The first kappa shape index (κ1) is 12.3. The van der Waals surface area contributed by atoms with Crippen molar-refractivity contribution < 1.29 is 9.53 Å². The quantitative estimate of drug-likeness (QED) is 0.789. The first-order chi connectivity index (χ1) is 8.25.